The molecule has 0 N–H and O–H groups in total. The number of furan rings is 1. The van der Waals surface area contributed by atoms with Gasteiger partial charge in [-0.05, 0) is 85.2 Å². The van der Waals surface area contributed by atoms with Crippen molar-refractivity contribution >= 4 is 44.6 Å². The third kappa shape index (κ3) is 6.44. The Kier molecular flexibility index (Phi) is 9.54. The highest BCUT2D eigenvalue weighted by molar-refractivity contribution is 6.11. The largest absolute Gasteiger partial charge is 0.455 e. The van der Waals surface area contributed by atoms with Gasteiger partial charge in [0.25, 0.3) is 0 Å². The van der Waals surface area contributed by atoms with Crippen LogP contribution in [0.3, 0.4) is 0 Å². The van der Waals surface area contributed by atoms with E-state index in [0.29, 0.717) is 0 Å². The molecule has 2 nitrogen and oxygen atoms in total. The van der Waals surface area contributed by atoms with E-state index < -0.39 is 0 Å². The van der Waals surface area contributed by atoms with Crippen LogP contribution >= 0.6 is 0 Å². The summed E-state index contributed by atoms with van der Waals surface area (Å²) in [7, 11) is 0. The van der Waals surface area contributed by atoms with E-state index in [1.165, 1.54) is 55.7 Å². The Bertz CT molecular complexity index is 3350. The molecule has 3 aliphatic carbocycles. The normalized spacial score (nSPS) is 18.5. The van der Waals surface area contributed by atoms with Crippen molar-refractivity contribution in [1.82, 2.24) is 0 Å². The molecule has 1 heterocycles. The Morgan fingerprint density at radius 1 is 0.530 bits per heavy atom. The predicted octanol–water partition coefficient (Wildman–Crippen LogP) is 17.9. The van der Waals surface area contributed by atoms with E-state index >= 15 is 0 Å². The number of hydrogen-bond acceptors (Lipinski definition) is 2. The number of fused-ring (bicyclic) bond motifs is 7. The summed E-state index contributed by atoms with van der Waals surface area (Å²) in [5.74, 6) is -0.00441. The summed E-state index contributed by atoms with van der Waals surface area (Å²) in [4.78, 5) is 2.58. The number of para-hydroxylation sites is 4. The summed E-state index contributed by atoms with van der Waals surface area (Å²) >= 11 is 0. The van der Waals surface area contributed by atoms with Crippen LogP contribution in [-0.4, -0.2) is 0 Å². The van der Waals surface area contributed by atoms with Gasteiger partial charge in [0.15, 0.2) is 0 Å². The number of nitrogens with zero attached hydrogens (tertiary/aromatic N) is 1. The maximum atomic E-state index is 6.79. The molecule has 66 heavy (non-hydrogen) atoms. The third-order valence-corrected chi connectivity index (χ3v) is 15.1. The van der Waals surface area contributed by atoms with E-state index in [4.69, 9.17) is 4.42 Å². The second-order valence-electron chi connectivity index (χ2n) is 21.5. The van der Waals surface area contributed by atoms with Crippen LogP contribution in [0.2, 0.25) is 0 Å². The second kappa shape index (κ2) is 15.1. The molecule has 1 aromatic heterocycles. The molecule has 0 aliphatic heterocycles. The summed E-state index contributed by atoms with van der Waals surface area (Å²) in [6, 6.07) is 56.5. The smallest absolute Gasteiger partial charge is 0.143 e. The minimum Gasteiger partial charge on any atom is -0.455 e. The highest BCUT2D eigenvalue weighted by Crippen LogP contribution is 2.60. The minimum atomic E-state index is -0.385. The second-order valence-corrected chi connectivity index (χ2v) is 21.5. The average Bonchev–Trinajstić information content (AvgIpc) is 3.80. The van der Waals surface area contributed by atoms with Crippen molar-refractivity contribution in [2.75, 3.05) is 4.90 Å². The van der Waals surface area contributed by atoms with Crippen LogP contribution in [0.5, 0.6) is 0 Å². The van der Waals surface area contributed by atoms with E-state index in [0.717, 1.165) is 50.1 Å². The molecule has 8 aromatic rings. The number of hydrogen-bond donors (Lipinski definition) is 0. The van der Waals surface area contributed by atoms with Crippen LogP contribution < -0.4 is 4.90 Å². The molecule has 0 amide bonds. The van der Waals surface area contributed by atoms with E-state index in [9.17, 15) is 0 Å². The zero-order valence-corrected chi connectivity index (χ0v) is 39.8. The van der Waals surface area contributed by atoms with Crippen LogP contribution in [0.4, 0.5) is 17.1 Å². The molecule has 2 atom stereocenters. The maximum Gasteiger partial charge on any atom is 0.143 e. The molecule has 0 bridgehead atoms. The molecule has 11 rings (SSSR count). The van der Waals surface area contributed by atoms with Crippen molar-refractivity contribution in [3.63, 3.8) is 0 Å². The van der Waals surface area contributed by atoms with Crippen molar-refractivity contribution < 1.29 is 4.42 Å². The van der Waals surface area contributed by atoms with Gasteiger partial charge in [0.05, 0.1) is 17.1 Å². The fourth-order valence-electron chi connectivity index (χ4n) is 11.4. The highest BCUT2D eigenvalue weighted by Gasteiger charge is 2.45. The van der Waals surface area contributed by atoms with E-state index in [1.54, 1.807) is 0 Å². The minimum absolute atomic E-state index is 0.00441. The van der Waals surface area contributed by atoms with Crippen molar-refractivity contribution in [2.24, 2.45) is 5.41 Å². The molecule has 0 fully saturated rings. The lowest BCUT2D eigenvalue weighted by Gasteiger charge is -2.45. The summed E-state index contributed by atoms with van der Waals surface area (Å²) in [5, 5.41) is 2.25. The average molecular weight is 858 g/mol. The highest BCUT2D eigenvalue weighted by atomic mass is 16.3. The molecule has 326 valence electrons. The van der Waals surface area contributed by atoms with Crippen LogP contribution in [0, 0.1) is 5.41 Å². The van der Waals surface area contributed by atoms with E-state index in [-0.39, 0.29) is 27.6 Å². The first-order valence-corrected chi connectivity index (χ1v) is 23.7. The lowest BCUT2D eigenvalue weighted by atomic mass is 9.59. The first-order valence-electron chi connectivity index (χ1n) is 23.7. The fourth-order valence-corrected chi connectivity index (χ4v) is 11.4. The zero-order chi connectivity index (χ0) is 45.8. The van der Waals surface area contributed by atoms with Gasteiger partial charge in [-0.3, -0.25) is 0 Å². The predicted molar refractivity (Wildman–Crippen MR) is 280 cm³/mol. The molecule has 0 radical (unpaired) electrons. The Hall–Kier alpha value is -6.90. The molecular formula is C64H59NO. The number of allylic oxidation sites excluding steroid dienone is 8. The van der Waals surface area contributed by atoms with Crippen molar-refractivity contribution in [3.05, 3.63) is 227 Å². The number of rotatable bonds is 6. The number of benzene rings is 7. The SMILES string of the molecule is CC(C)(C)c1cc(C2=CC=CC3=CC=CC(c4ccccc4N(c4ccccc4-c4cccc5c4oc4ccccc45)c4cccc5c4-c4ccccc4C5(C)C)C32C)cc(C(C)(C)C)c1. The Morgan fingerprint density at radius 3 is 1.91 bits per heavy atom. The van der Waals surface area contributed by atoms with Crippen LogP contribution in [0.25, 0.3) is 49.8 Å². The standard InChI is InChI=1S/C64H59NO/c1-61(2,3)43-38-41(39-44(40-43)62(4,5)6)51-31-18-22-42-23-19-32-53(64(42,51)9)49-26-12-16-35-56(49)65(57-36-21-33-54-59(57)50-27-10-14-30-52(50)63(54,7)8)55-34-15-11-24-45(55)47-28-20-29-48-46-25-13-17-37-58(46)66-60(47)48/h10-40,53H,1-9H3. The lowest BCUT2D eigenvalue weighted by Crippen LogP contribution is -2.32. The van der Waals surface area contributed by atoms with Crippen LogP contribution in [-0.2, 0) is 16.2 Å². The number of anilines is 3. The molecule has 3 aliphatic rings. The summed E-state index contributed by atoms with van der Waals surface area (Å²) < 4.78 is 6.79. The van der Waals surface area contributed by atoms with Crippen molar-refractivity contribution in [1.29, 1.82) is 0 Å². The monoisotopic (exact) mass is 857 g/mol. The molecule has 2 unspecified atom stereocenters. The van der Waals surface area contributed by atoms with E-state index in [1.807, 2.05) is 0 Å². The molecule has 2 heteroatoms. The van der Waals surface area contributed by atoms with Gasteiger partial charge in [0.2, 0.25) is 0 Å². The molecular weight excluding hydrogens is 799 g/mol. The maximum absolute atomic E-state index is 6.79. The summed E-state index contributed by atoms with van der Waals surface area (Å²) in [6.07, 6.45) is 14.1. The van der Waals surface area contributed by atoms with Gasteiger partial charge in [-0.15, -0.1) is 0 Å². The van der Waals surface area contributed by atoms with Crippen LogP contribution in [0.15, 0.2) is 198 Å². The molecule has 0 spiro atoms. The van der Waals surface area contributed by atoms with Gasteiger partial charge in [-0.25, -0.2) is 0 Å². The Balaban J connectivity index is 1.18. The van der Waals surface area contributed by atoms with Crippen LogP contribution in [0.1, 0.15) is 102 Å². The van der Waals surface area contributed by atoms with Gasteiger partial charge >= 0.3 is 0 Å². The van der Waals surface area contributed by atoms with Gasteiger partial charge in [-0.2, -0.15) is 0 Å². The van der Waals surface area contributed by atoms with Gasteiger partial charge in [0, 0.05) is 44.2 Å². The fraction of sp³-hybridized carbons (Fsp3) is 0.219. The topological polar surface area (TPSA) is 16.4 Å². The van der Waals surface area contributed by atoms with Gasteiger partial charge in [0.1, 0.15) is 11.2 Å². The zero-order valence-electron chi connectivity index (χ0n) is 39.8. The molecule has 0 saturated heterocycles. The molecule has 7 aromatic carbocycles. The van der Waals surface area contributed by atoms with E-state index in [2.05, 4.69) is 255 Å². The quantitative estimate of drug-likeness (QED) is 0.166. The van der Waals surface area contributed by atoms with Crippen molar-refractivity contribution in [3.8, 4) is 22.3 Å². The summed E-state index contributed by atoms with van der Waals surface area (Å²) in [5.41, 5.74) is 20.0. The molecule has 0 saturated carbocycles. The Labute approximate surface area is 391 Å². The Morgan fingerprint density at radius 2 is 1.14 bits per heavy atom. The lowest BCUT2D eigenvalue weighted by molar-refractivity contribution is 0.478. The van der Waals surface area contributed by atoms with Gasteiger partial charge < -0.3 is 9.32 Å². The summed E-state index contributed by atoms with van der Waals surface area (Å²) in [6.45, 7) is 21.3. The first-order chi connectivity index (χ1) is 31.7. The van der Waals surface area contributed by atoms with Gasteiger partial charge in [-0.1, -0.05) is 226 Å². The third-order valence-electron chi connectivity index (χ3n) is 15.1. The van der Waals surface area contributed by atoms with Crippen molar-refractivity contribution in [2.45, 2.75) is 84.5 Å². The first kappa shape index (κ1) is 41.8.